The largest absolute Gasteiger partial charge is 0.496 e. The lowest BCUT2D eigenvalue weighted by Crippen LogP contribution is -2.31. The molecule has 0 saturated carbocycles. The molecular weight excluding hydrogens is 288 g/mol. The second-order valence-corrected chi connectivity index (χ2v) is 8.08. The minimum Gasteiger partial charge on any atom is -0.496 e. The zero-order valence-electron chi connectivity index (χ0n) is 13.7. The maximum Gasteiger partial charge on any atom is 0.240 e. The van der Waals surface area contributed by atoms with Gasteiger partial charge in [0, 0.05) is 18.7 Å². The number of methoxy groups -OCH3 is 1. The van der Waals surface area contributed by atoms with Gasteiger partial charge in [0.25, 0.3) is 0 Å². The second kappa shape index (κ2) is 6.77. The maximum absolute atomic E-state index is 12.3. The van der Waals surface area contributed by atoms with Gasteiger partial charge in [-0.3, -0.25) is 0 Å². The van der Waals surface area contributed by atoms with Crippen LogP contribution in [0.3, 0.4) is 0 Å². The average Bonchev–Trinajstić information content (AvgIpc) is 2.36. The van der Waals surface area contributed by atoms with E-state index in [1.165, 1.54) is 0 Å². The number of rotatable bonds is 6. The van der Waals surface area contributed by atoms with Gasteiger partial charge in [-0.1, -0.05) is 20.8 Å². The Labute approximate surface area is 128 Å². The fourth-order valence-electron chi connectivity index (χ4n) is 1.93. The predicted octanol–water partition coefficient (Wildman–Crippen LogP) is 1.83. The van der Waals surface area contributed by atoms with E-state index in [1.807, 2.05) is 39.8 Å². The molecule has 120 valence electrons. The molecule has 0 bridgehead atoms. The van der Waals surface area contributed by atoms with Crippen LogP contribution in [0.4, 0.5) is 0 Å². The predicted molar refractivity (Wildman–Crippen MR) is 85.4 cm³/mol. The molecule has 0 heterocycles. The summed E-state index contributed by atoms with van der Waals surface area (Å²) < 4.78 is 32.6. The summed E-state index contributed by atoms with van der Waals surface area (Å²) in [6, 6.07) is 4.98. The average molecular weight is 314 g/mol. The molecule has 0 aliphatic carbocycles. The van der Waals surface area contributed by atoms with Crippen molar-refractivity contribution in [3.63, 3.8) is 0 Å². The maximum atomic E-state index is 12.3. The van der Waals surface area contributed by atoms with Crippen LogP contribution in [0.1, 0.15) is 26.3 Å². The van der Waals surface area contributed by atoms with Gasteiger partial charge < -0.3 is 9.64 Å². The molecule has 0 unspecified atom stereocenters. The molecule has 1 rings (SSSR count). The van der Waals surface area contributed by atoms with Crippen molar-refractivity contribution in [1.29, 1.82) is 0 Å². The van der Waals surface area contributed by atoms with Crippen LogP contribution in [0.25, 0.3) is 0 Å². The minimum absolute atomic E-state index is 0.194. The lowest BCUT2D eigenvalue weighted by atomic mass is 9.86. The number of likely N-dealkylation sites (N-methyl/N-ethyl adjacent to an activating group) is 1. The molecule has 0 saturated heterocycles. The van der Waals surface area contributed by atoms with Crippen molar-refractivity contribution >= 4 is 10.0 Å². The van der Waals surface area contributed by atoms with Gasteiger partial charge in [0.2, 0.25) is 10.0 Å². The molecule has 0 radical (unpaired) electrons. The number of benzene rings is 1. The van der Waals surface area contributed by atoms with Crippen molar-refractivity contribution in [3.8, 4) is 5.75 Å². The molecule has 1 aromatic rings. The molecule has 1 aromatic carbocycles. The van der Waals surface area contributed by atoms with E-state index in [2.05, 4.69) is 4.72 Å². The van der Waals surface area contributed by atoms with Gasteiger partial charge >= 0.3 is 0 Å². The number of hydrogen-bond acceptors (Lipinski definition) is 4. The highest BCUT2D eigenvalue weighted by Gasteiger charge is 2.22. The zero-order valence-corrected chi connectivity index (χ0v) is 14.5. The fraction of sp³-hybridized carbons (Fsp3) is 0.600. The van der Waals surface area contributed by atoms with Gasteiger partial charge in [-0.2, -0.15) is 0 Å². The van der Waals surface area contributed by atoms with Crippen molar-refractivity contribution in [2.75, 3.05) is 34.3 Å². The summed E-state index contributed by atoms with van der Waals surface area (Å²) in [5.41, 5.74) is 0.682. The van der Waals surface area contributed by atoms with Crippen molar-refractivity contribution < 1.29 is 13.2 Å². The Balaban J connectivity index is 3.08. The molecule has 0 fully saturated rings. The van der Waals surface area contributed by atoms with Crippen LogP contribution in [0, 0.1) is 0 Å². The third kappa shape index (κ3) is 4.98. The van der Waals surface area contributed by atoms with E-state index in [9.17, 15) is 8.42 Å². The third-order valence-corrected chi connectivity index (χ3v) is 4.60. The summed E-state index contributed by atoms with van der Waals surface area (Å²) in [6.45, 7) is 7.12. The van der Waals surface area contributed by atoms with Crippen LogP contribution in [0.5, 0.6) is 5.75 Å². The van der Waals surface area contributed by atoms with E-state index >= 15 is 0 Å². The van der Waals surface area contributed by atoms with Crippen LogP contribution < -0.4 is 9.46 Å². The summed E-state index contributed by atoms with van der Waals surface area (Å²) in [4.78, 5) is 2.20. The molecule has 21 heavy (non-hydrogen) atoms. The van der Waals surface area contributed by atoms with E-state index in [0.29, 0.717) is 18.8 Å². The highest BCUT2D eigenvalue weighted by Crippen LogP contribution is 2.33. The summed E-state index contributed by atoms with van der Waals surface area (Å²) in [5, 5.41) is 0. The number of ether oxygens (including phenoxy) is 1. The first-order valence-electron chi connectivity index (χ1n) is 6.91. The minimum atomic E-state index is -3.50. The van der Waals surface area contributed by atoms with Gasteiger partial charge in [0.05, 0.1) is 12.0 Å². The fourth-order valence-corrected chi connectivity index (χ4v) is 2.97. The number of nitrogens with zero attached hydrogens (tertiary/aromatic N) is 1. The van der Waals surface area contributed by atoms with Gasteiger partial charge in [-0.15, -0.1) is 0 Å². The topological polar surface area (TPSA) is 58.6 Å². The van der Waals surface area contributed by atoms with E-state index in [0.717, 1.165) is 5.56 Å². The van der Waals surface area contributed by atoms with Gasteiger partial charge in [0.1, 0.15) is 5.75 Å². The lowest BCUT2D eigenvalue weighted by molar-refractivity contribution is 0.397. The van der Waals surface area contributed by atoms with Crippen molar-refractivity contribution in [2.45, 2.75) is 31.1 Å². The van der Waals surface area contributed by atoms with E-state index in [1.54, 1.807) is 25.3 Å². The number of hydrogen-bond donors (Lipinski definition) is 1. The van der Waals surface area contributed by atoms with Crippen molar-refractivity contribution in [3.05, 3.63) is 23.8 Å². The number of nitrogens with one attached hydrogen (secondary N) is 1. The highest BCUT2D eigenvalue weighted by molar-refractivity contribution is 7.89. The molecule has 1 N–H and O–H groups in total. The smallest absolute Gasteiger partial charge is 0.240 e. The Morgan fingerprint density at radius 2 is 1.86 bits per heavy atom. The highest BCUT2D eigenvalue weighted by atomic mass is 32.2. The van der Waals surface area contributed by atoms with E-state index in [-0.39, 0.29) is 10.3 Å². The van der Waals surface area contributed by atoms with Crippen LogP contribution >= 0.6 is 0 Å². The first kappa shape index (κ1) is 17.9. The van der Waals surface area contributed by atoms with Gasteiger partial charge in [-0.05, 0) is 37.7 Å². The van der Waals surface area contributed by atoms with Crippen LogP contribution in [0.15, 0.2) is 23.1 Å². The summed E-state index contributed by atoms with van der Waals surface area (Å²) in [7, 11) is 1.90. The summed E-state index contributed by atoms with van der Waals surface area (Å²) in [5.74, 6) is 0.703. The monoisotopic (exact) mass is 314 g/mol. The molecule has 0 spiro atoms. The molecule has 0 atom stereocenters. The molecule has 0 aliphatic rings. The first-order chi connectivity index (χ1) is 9.58. The Hall–Kier alpha value is -1.11. The van der Waals surface area contributed by atoms with E-state index in [4.69, 9.17) is 4.74 Å². The Morgan fingerprint density at radius 1 is 1.24 bits per heavy atom. The Morgan fingerprint density at radius 3 is 2.33 bits per heavy atom. The van der Waals surface area contributed by atoms with Gasteiger partial charge in [0.15, 0.2) is 0 Å². The van der Waals surface area contributed by atoms with Crippen molar-refractivity contribution in [1.82, 2.24) is 9.62 Å². The third-order valence-electron chi connectivity index (χ3n) is 3.14. The SMILES string of the molecule is COc1ccc(S(=O)(=O)NCCN(C)C)cc1C(C)(C)C. The number of sulfonamides is 1. The van der Waals surface area contributed by atoms with Crippen molar-refractivity contribution in [2.24, 2.45) is 0 Å². The first-order valence-corrected chi connectivity index (χ1v) is 8.39. The Bertz CT molecular complexity index is 575. The standard InChI is InChI=1S/C15H26N2O3S/c1-15(2,3)13-11-12(7-8-14(13)20-6)21(18,19)16-9-10-17(4)5/h7-8,11,16H,9-10H2,1-6H3. The normalized spacial score (nSPS) is 12.7. The quantitative estimate of drug-likeness (QED) is 0.870. The second-order valence-electron chi connectivity index (χ2n) is 6.31. The summed E-state index contributed by atoms with van der Waals surface area (Å²) in [6.07, 6.45) is 0. The molecule has 0 amide bonds. The molecule has 5 nitrogen and oxygen atoms in total. The molecule has 0 aromatic heterocycles. The lowest BCUT2D eigenvalue weighted by Gasteiger charge is -2.23. The Kier molecular flexibility index (Phi) is 5.78. The van der Waals surface area contributed by atoms with E-state index < -0.39 is 10.0 Å². The molecule has 6 heteroatoms. The van der Waals surface area contributed by atoms with Crippen LogP contribution in [-0.2, 0) is 15.4 Å². The molecular formula is C15H26N2O3S. The summed E-state index contributed by atoms with van der Waals surface area (Å²) >= 11 is 0. The van der Waals surface area contributed by atoms with Crippen LogP contribution in [0.2, 0.25) is 0 Å². The molecule has 0 aliphatic heterocycles. The van der Waals surface area contributed by atoms with Crippen LogP contribution in [-0.4, -0.2) is 47.6 Å². The zero-order chi connectivity index (χ0) is 16.3. The van der Waals surface area contributed by atoms with Gasteiger partial charge in [-0.25, -0.2) is 13.1 Å².